The number of rotatable bonds is 8. The molecule has 1 aliphatic rings. The van der Waals surface area contributed by atoms with Gasteiger partial charge in [-0.2, -0.15) is 10.5 Å². The van der Waals surface area contributed by atoms with Gasteiger partial charge in [0.1, 0.15) is 17.5 Å². The molecule has 0 N–H and O–H groups in total. The molecule has 1 fully saturated rings. The molecule has 0 spiro atoms. The molecule has 30 heavy (non-hydrogen) atoms. The van der Waals surface area contributed by atoms with E-state index < -0.39 is 0 Å². The van der Waals surface area contributed by atoms with Crippen molar-refractivity contribution < 1.29 is 4.74 Å². The predicted molar refractivity (Wildman–Crippen MR) is 115 cm³/mol. The van der Waals surface area contributed by atoms with E-state index >= 15 is 0 Å². The van der Waals surface area contributed by atoms with E-state index in [1.165, 1.54) is 0 Å². The van der Waals surface area contributed by atoms with Crippen LogP contribution in [-0.2, 0) is 24.5 Å². The molecule has 0 atom stereocenters. The van der Waals surface area contributed by atoms with Crippen LogP contribution in [0.5, 0.6) is 0 Å². The van der Waals surface area contributed by atoms with Gasteiger partial charge in [0, 0.05) is 17.4 Å². The highest BCUT2D eigenvalue weighted by Gasteiger charge is 2.31. The Labute approximate surface area is 180 Å². The van der Waals surface area contributed by atoms with Gasteiger partial charge in [0.2, 0.25) is 0 Å². The number of aromatic nitrogens is 2. The van der Waals surface area contributed by atoms with Crippen molar-refractivity contribution in [1.29, 1.82) is 10.5 Å². The van der Waals surface area contributed by atoms with Crippen LogP contribution in [0, 0.1) is 22.7 Å². The minimum Gasteiger partial charge on any atom is -0.369 e. The third-order valence-corrected chi connectivity index (χ3v) is 6.12. The first-order valence-electron chi connectivity index (χ1n) is 10.1. The highest BCUT2D eigenvalue weighted by atomic mass is 32.2. The number of nitriles is 2. The molecule has 5 nitrogen and oxygen atoms in total. The number of nitrogens with zero attached hydrogens (tertiary/aromatic N) is 4. The van der Waals surface area contributed by atoms with E-state index in [0.717, 1.165) is 46.4 Å². The Hall–Kier alpha value is -3.06. The number of hydrogen-bond acceptors (Lipinski definition) is 5. The van der Waals surface area contributed by atoms with E-state index in [1.807, 2.05) is 30.3 Å². The summed E-state index contributed by atoms with van der Waals surface area (Å²) in [5, 5.41) is 19.7. The van der Waals surface area contributed by atoms with E-state index in [1.54, 1.807) is 17.8 Å². The lowest BCUT2D eigenvalue weighted by atomic mass is 10.1. The van der Waals surface area contributed by atoms with Crippen LogP contribution in [0.2, 0.25) is 0 Å². The molecule has 1 aromatic heterocycles. The van der Waals surface area contributed by atoms with Gasteiger partial charge in [0.25, 0.3) is 0 Å². The summed E-state index contributed by atoms with van der Waals surface area (Å²) in [6.45, 7) is 3.89. The minimum atomic E-state index is 0.449. The van der Waals surface area contributed by atoms with Crippen LogP contribution < -0.4 is 0 Å². The second kappa shape index (κ2) is 9.17. The van der Waals surface area contributed by atoms with Gasteiger partial charge in [0.15, 0.2) is 0 Å². The maximum atomic E-state index is 9.29. The smallest absolute Gasteiger partial charge is 0.136 e. The van der Waals surface area contributed by atoms with Gasteiger partial charge >= 0.3 is 0 Å². The molecule has 3 aromatic rings. The van der Waals surface area contributed by atoms with Gasteiger partial charge in [-0.25, -0.2) is 4.98 Å². The molecule has 4 rings (SSSR count). The van der Waals surface area contributed by atoms with Crippen molar-refractivity contribution in [3.8, 4) is 12.1 Å². The van der Waals surface area contributed by atoms with Crippen LogP contribution in [0.25, 0.3) is 0 Å². The van der Waals surface area contributed by atoms with Crippen LogP contribution in [0.15, 0.2) is 58.5 Å². The number of hydrogen-bond donors (Lipinski definition) is 0. The molecule has 1 aliphatic carbocycles. The van der Waals surface area contributed by atoms with Crippen molar-refractivity contribution in [3.05, 3.63) is 76.7 Å². The van der Waals surface area contributed by atoms with Gasteiger partial charge in [-0.3, -0.25) is 0 Å². The third-order valence-electron chi connectivity index (χ3n) is 5.03. The number of benzene rings is 2. The maximum absolute atomic E-state index is 9.29. The van der Waals surface area contributed by atoms with Gasteiger partial charge in [-0.1, -0.05) is 42.1 Å². The quantitative estimate of drug-likeness (QED) is 0.494. The first-order valence-corrected chi connectivity index (χ1v) is 10.9. The van der Waals surface area contributed by atoms with Gasteiger partial charge in [-0.15, -0.1) is 0 Å². The fourth-order valence-corrected chi connectivity index (χ4v) is 4.66. The van der Waals surface area contributed by atoms with E-state index in [4.69, 9.17) is 9.72 Å². The summed E-state index contributed by atoms with van der Waals surface area (Å²) in [5.74, 6) is 1.41. The highest BCUT2D eigenvalue weighted by molar-refractivity contribution is 7.99. The van der Waals surface area contributed by atoms with Crippen molar-refractivity contribution in [2.24, 2.45) is 0 Å². The number of ether oxygens (including phenoxy) is 1. The average Bonchev–Trinajstić information content (AvgIpc) is 3.57. The normalized spacial score (nSPS) is 13.0. The predicted octanol–water partition coefficient (Wildman–Crippen LogP) is 5.39. The maximum Gasteiger partial charge on any atom is 0.136 e. The fraction of sp³-hybridized carbons (Fsp3) is 0.292. The summed E-state index contributed by atoms with van der Waals surface area (Å²) >= 11 is 1.59. The molecule has 0 saturated heterocycles. The van der Waals surface area contributed by atoms with Crippen molar-refractivity contribution in [2.45, 2.75) is 55.4 Å². The second-order valence-corrected chi connectivity index (χ2v) is 8.35. The van der Waals surface area contributed by atoms with E-state index in [9.17, 15) is 10.5 Å². The van der Waals surface area contributed by atoms with Gasteiger partial charge in [0.05, 0.1) is 35.6 Å². The zero-order valence-electron chi connectivity index (χ0n) is 16.8. The summed E-state index contributed by atoms with van der Waals surface area (Å²) in [6.07, 6.45) is 2.31. The Morgan fingerprint density at radius 1 is 1.07 bits per heavy atom. The summed E-state index contributed by atoms with van der Waals surface area (Å²) in [6, 6.07) is 19.7. The molecule has 6 heteroatoms. The van der Waals surface area contributed by atoms with E-state index in [0.29, 0.717) is 30.3 Å². The Morgan fingerprint density at radius 3 is 2.37 bits per heavy atom. The lowest BCUT2D eigenvalue weighted by molar-refractivity contribution is 0.0989. The Bertz CT molecular complexity index is 1090. The standard InChI is InChI=1S/C24H22N4OS/c1-2-28-22(16-29-15-17-6-4-3-5-7-17)27-23(20-8-9-20)24(28)30-21-11-18(13-25)10-19(12-21)14-26/h3-7,10-12,20H,2,8-9,15-16H2,1H3. The Balaban J connectivity index is 1.60. The molecule has 2 aromatic carbocycles. The average molecular weight is 415 g/mol. The van der Waals surface area contributed by atoms with Crippen molar-refractivity contribution in [3.63, 3.8) is 0 Å². The molecule has 0 unspecified atom stereocenters. The summed E-state index contributed by atoms with van der Waals surface area (Å²) in [5.41, 5.74) is 3.25. The van der Waals surface area contributed by atoms with E-state index in [-0.39, 0.29) is 0 Å². The van der Waals surface area contributed by atoms with Crippen LogP contribution in [0.1, 0.15) is 53.9 Å². The zero-order valence-corrected chi connectivity index (χ0v) is 17.7. The summed E-state index contributed by atoms with van der Waals surface area (Å²) in [7, 11) is 0. The van der Waals surface area contributed by atoms with Crippen LogP contribution >= 0.6 is 11.8 Å². The first-order chi connectivity index (χ1) is 14.7. The minimum absolute atomic E-state index is 0.449. The molecule has 0 bridgehead atoms. The monoisotopic (exact) mass is 414 g/mol. The van der Waals surface area contributed by atoms with E-state index in [2.05, 4.69) is 35.8 Å². The molecule has 1 saturated carbocycles. The van der Waals surface area contributed by atoms with Crippen LogP contribution in [0.3, 0.4) is 0 Å². The molecule has 0 amide bonds. The lowest BCUT2D eigenvalue weighted by Crippen LogP contribution is -2.05. The largest absolute Gasteiger partial charge is 0.369 e. The molecular formula is C24H22N4OS. The van der Waals surface area contributed by atoms with Crippen LogP contribution in [-0.4, -0.2) is 9.55 Å². The fourth-order valence-electron chi connectivity index (χ4n) is 3.40. The molecule has 150 valence electrons. The Kier molecular flexibility index (Phi) is 6.18. The molecule has 0 radical (unpaired) electrons. The third kappa shape index (κ3) is 4.57. The zero-order chi connectivity index (χ0) is 20.9. The van der Waals surface area contributed by atoms with Gasteiger partial charge < -0.3 is 9.30 Å². The molecular weight excluding hydrogens is 392 g/mol. The van der Waals surface area contributed by atoms with Crippen LogP contribution in [0.4, 0.5) is 0 Å². The SMILES string of the molecule is CCn1c(COCc2ccccc2)nc(C2CC2)c1Sc1cc(C#N)cc(C#N)c1. The molecule has 0 aliphatic heterocycles. The Morgan fingerprint density at radius 2 is 1.77 bits per heavy atom. The molecule has 1 heterocycles. The second-order valence-electron chi connectivity index (χ2n) is 7.29. The topological polar surface area (TPSA) is 74.6 Å². The van der Waals surface area contributed by atoms with Gasteiger partial charge in [-0.05, 0) is 43.5 Å². The first kappa shape index (κ1) is 20.2. The lowest BCUT2D eigenvalue weighted by Gasteiger charge is -2.11. The van der Waals surface area contributed by atoms with Crippen molar-refractivity contribution >= 4 is 11.8 Å². The number of imidazole rings is 1. The summed E-state index contributed by atoms with van der Waals surface area (Å²) < 4.78 is 8.16. The summed E-state index contributed by atoms with van der Waals surface area (Å²) in [4.78, 5) is 5.83. The highest BCUT2D eigenvalue weighted by Crippen LogP contribution is 2.45. The van der Waals surface area contributed by atoms with Crippen molar-refractivity contribution in [1.82, 2.24) is 9.55 Å². The van der Waals surface area contributed by atoms with Crippen molar-refractivity contribution in [2.75, 3.05) is 0 Å².